The summed E-state index contributed by atoms with van der Waals surface area (Å²) in [7, 11) is 0. The topological polar surface area (TPSA) is 142 Å². The van der Waals surface area contributed by atoms with Gasteiger partial charge in [-0.1, -0.05) is 0 Å². The van der Waals surface area contributed by atoms with E-state index in [1.54, 1.807) is 18.2 Å². The van der Waals surface area contributed by atoms with E-state index in [0.29, 0.717) is 17.8 Å². The molecule has 0 spiro atoms. The van der Waals surface area contributed by atoms with Gasteiger partial charge in [0.25, 0.3) is 0 Å². The molecule has 2 aromatic heterocycles. The van der Waals surface area contributed by atoms with E-state index in [2.05, 4.69) is 9.97 Å². The molecule has 1 fully saturated rings. The van der Waals surface area contributed by atoms with Crippen LogP contribution in [-0.4, -0.2) is 62.6 Å². The van der Waals surface area contributed by atoms with Crippen molar-refractivity contribution in [2.24, 2.45) is 0 Å². The maximum Gasteiger partial charge on any atom is 0.414 e. The zero-order chi connectivity index (χ0) is 23.8. The summed E-state index contributed by atoms with van der Waals surface area (Å²) in [6.07, 6.45) is 1.00. The molecule has 13 heteroatoms. The molecule has 12 nitrogen and oxygen atoms in total. The van der Waals surface area contributed by atoms with Crippen molar-refractivity contribution in [3.8, 4) is 23.0 Å². The molecule has 2 atom stereocenters. The van der Waals surface area contributed by atoms with Crippen LogP contribution in [0.1, 0.15) is 0 Å². The molecule has 1 amide bonds. The predicted molar refractivity (Wildman–Crippen MR) is 113 cm³/mol. The SMILES string of the molecule is O=C1O[C@@H](CO)CN1c1ccc(-c2ccc(OC3COc4nc([N+](=O)[O-])cn4C3)nc2)c(F)c1. The summed E-state index contributed by atoms with van der Waals surface area (Å²) in [5.74, 6) is -0.577. The molecule has 0 saturated carbocycles. The molecule has 0 aliphatic carbocycles. The lowest BCUT2D eigenvalue weighted by molar-refractivity contribution is -0.389. The van der Waals surface area contributed by atoms with Gasteiger partial charge in [0.1, 0.15) is 24.7 Å². The maximum absolute atomic E-state index is 14.8. The Hall–Kier alpha value is -4.26. The van der Waals surface area contributed by atoms with Crippen molar-refractivity contribution in [2.75, 3.05) is 24.7 Å². The van der Waals surface area contributed by atoms with Crippen LogP contribution in [0.4, 0.5) is 20.7 Å². The van der Waals surface area contributed by atoms with E-state index in [1.165, 1.54) is 34.0 Å². The number of hydrogen-bond acceptors (Lipinski definition) is 9. The quantitative estimate of drug-likeness (QED) is 0.423. The molecule has 0 bridgehead atoms. The minimum absolute atomic E-state index is 0.139. The molecule has 1 unspecified atom stereocenters. The van der Waals surface area contributed by atoms with Crippen LogP contribution in [0.25, 0.3) is 11.1 Å². The van der Waals surface area contributed by atoms with Crippen LogP contribution in [0.2, 0.25) is 0 Å². The Kier molecular flexibility index (Phi) is 5.45. The lowest BCUT2D eigenvalue weighted by atomic mass is 10.1. The van der Waals surface area contributed by atoms with Crippen molar-refractivity contribution >= 4 is 17.6 Å². The highest BCUT2D eigenvalue weighted by Gasteiger charge is 2.32. The van der Waals surface area contributed by atoms with Gasteiger partial charge in [0, 0.05) is 28.4 Å². The van der Waals surface area contributed by atoms with Crippen LogP contribution in [0.5, 0.6) is 11.9 Å². The third-order valence-corrected chi connectivity index (χ3v) is 5.39. The second-order valence-corrected chi connectivity index (χ2v) is 7.69. The first-order chi connectivity index (χ1) is 16.4. The molecule has 176 valence electrons. The number of benzene rings is 1. The number of fused-ring (bicyclic) bond motifs is 1. The summed E-state index contributed by atoms with van der Waals surface area (Å²) >= 11 is 0. The van der Waals surface area contributed by atoms with Crippen LogP contribution < -0.4 is 14.4 Å². The first kappa shape index (κ1) is 21.6. The van der Waals surface area contributed by atoms with Crippen LogP contribution in [0.3, 0.4) is 0 Å². The fourth-order valence-corrected chi connectivity index (χ4v) is 3.74. The number of amides is 1. The normalized spacial score (nSPS) is 19.4. The van der Waals surface area contributed by atoms with Crippen molar-refractivity contribution in [1.82, 2.24) is 14.5 Å². The highest BCUT2D eigenvalue weighted by atomic mass is 19.1. The van der Waals surface area contributed by atoms with E-state index >= 15 is 0 Å². The molecular weight excluding hydrogens is 453 g/mol. The van der Waals surface area contributed by atoms with Gasteiger partial charge < -0.3 is 29.4 Å². The molecule has 1 aromatic carbocycles. The largest absolute Gasteiger partial charge is 0.469 e. The van der Waals surface area contributed by atoms with E-state index in [1.807, 2.05) is 0 Å². The summed E-state index contributed by atoms with van der Waals surface area (Å²) in [4.78, 5) is 31.4. The summed E-state index contributed by atoms with van der Waals surface area (Å²) in [5, 5.41) is 20.0. The molecule has 2 aliphatic heterocycles. The molecule has 2 aliphatic rings. The van der Waals surface area contributed by atoms with Crippen LogP contribution in [0.15, 0.2) is 42.7 Å². The van der Waals surface area contributed by atoms with Gasteiger partial charge in [0.2, 0.25) is 5.88 Å². The van der Waals surface area contributed by atoms with Crippen molar-refractivity contribution in [2.45, 2.75) is 18.8 Å². The fraction of sp³-hybridized carbons (Fsp3) is 0.286. The Morgan fingerprint density at radius 1 is 1.29 bits per heavy atom. The Morgan fingerprint density at radius 3 is 2.82 bits per heavy atom. The third-order valence-electron chi connectivity index (χ3n) is 5.39. The number of aliphatic hydroxyl groups excluding tert-OH is 1. The smallest absolute Gasteiger partial charge is 0.414 e. The van der Waals surface area contributed by atoms with E-state index in [4.69, 9.17) is 19.3 Å². The van der Waals surface area contributed by atoms with E-state index in [-0.39, 0.29) is 43.0 Å². The second kappa shape index (κ2) is 8.59. The van der Waals surface area contributed by atoms with Crippen molar-refractivity contribution < 1.29 is 33.4 Å². The maximum atomic E-state index is 14.8. The highest BCUT2D eigenvalue weighted by Crippen LogP contribution is 2.30. The number of aliphatic hydroxyl groups is 1. The van der Waals surface area contributed by atoms with Gasteiger partial charge in [0.05, 0.1) is 25.4 Å². The zero-order valence-corrected chi connectivity index (χ0v) is 17.5. The van der Waals surface area contributed by atoms with Gasteiger partial charge in [0.15, 0.2) is 6.10 Å². The van der Waals surface area contributed by atoms with E-state index in [0.717, 1.165) is 0 Å². The van der Waals surface area contributed by atoms with Crippen LogP contribution in [-0.2, 0) is 11.3 Å². The van der Waals surface area contributed by atoms with Gasteiger partial charge in [-0.3, -0.25) is 9.47 Å². The predicted octanol–water partition coefficient (Wildman–Crippen LogP) is 2.15. The second-order valence-electron chi connectivity index (χ2n) is 7.69. The molecule has 0 radical (unpaired) electrons. The van der Waals surface area contributed by atoms with Gasteiger partial charge in [-0.2, -0.15) is 0 Å². The fourth-order valence-electron chi connectivity index (χ4n) is 3.74. The van der Waals surface area contributed by atoms with E-state index < -0.39 is 29.0 Å². The summed E-state index contributed by atoms with van der Waals surface area (Å²) in [6.45, 7) is 0.273. The third kappa shape index (κ3) is 4.08. The number of hydrogen-bond donors (Lipinski definition) is 1. The van der Waals surface area contributed by atoms with Gasteiger partial charge in [-0.05, 0) is 29.2 Å². The van der Waals surface area contributed by atoms with Gasteiger partial charge in [-0.25, -0.2) is 14.2 Å². The van der Waals surface area contributed by atoms with E-state index in [9.17, 15) is 19.3 Å². The number of ether oxygens (including phenoxy) is 3. The summed E-state index contributed by atoms with van der Waals surface area (Å²) < 4.78 is 32.5. The number of nitro groups is 1. The van der Waals surface area contributed by atoms with Gasteiger partial charge >= 0.3 is 17.9 Å². The molecular formula is C21H18FN5O7. The minimum atomic E-state index is -0.642. The Morgan fingerprint density at radius 2 is 2.15 bits per heavy atom. The minimum Gasteiger partial charge on any atom is -0.469 e. The molecule has 1 N–H and O–H groups in total. The Bertz CT molecular complexity index is 1250. The molecule has 34 heavy (non-hydrogen) atoms. The monoisotopic (exact) mass is 471 g/mol. The number of imidazole rings is 1. The van der Waals surface area contributed by atoms with Crippen molar-refractivity contribution in [1.29, 1.82) is 0 Å². The number of pyridine rings is 1. The first-order valence-corrected chi connectivity index (χ1v) is 10.3. The molecule has 4 heterocycles. The Balaban J connectivity index is 1.26. The number of cyclic esters (lactones) is 1. The lowest BCUT2D eigenvalue weighted by Crippen LogP contribution is -2.34. The van der Waals surface area contributed by atoms with Crippen LogP contribution in [0, 0.1) is 15.9 Å². The van der Waals surface area contributed by atoms with Crippen LogP contribution >= 0.6 is 0 Å². The molecule has 5 rings (SSSR count). The molecule has 1 saturated heterocycles. The number of rotatable bonds is 6. The number of carbonyl (C=O) groups excluding carboxylic acids is 1. The highest BCUT2D eigenvalue weighted by molar-refractivity contribution is 5.90. The number of anilines is 1. The molecule has 3 aromatic rings. The number of halogens is 1. The number of aromatic nitrogens is 3. The van der Waals surface area contributed by atoms with Gasteiger partial charge in [-0.15, -0.1) is 0 Å². The Labute approximate surface area is 191 Å². The van der Waals surface area contributed by atoms with Crippen molar-refractivity contribution in [3.63, 3.8) is 0 Å². The average Bonchev–Trinajstić information content (AvgIpc) is 3.43. The summed E-state index contributed by atoms with van der Waals surface area (Å²) in [5.41, 5.74) is 1.11. The number of carbonyl (C=O) groups is 1. The standard InChI is InChI=1S/C21H18FN5O7/c22-17-5-13(26-8-14(10-28)34-21(26)29)2-3-16(17)12-1-4-19(23-6-12)33-15-7-25-9-18(27(30)31)24-20(25)32-11-15/h1-6,9,14-15,28H,7-8,10-11H2/t14-,15?/m1/s1. The lowest BCUT2D eigenvalue weighted by Gasteiger charge is -2.22. The number of nitrogens with zero attached hydrogens (tertiary/aromatic N) is 5. The van der Waals surface area contributed by atoms with Crippen molar-refractivity contribution in [3.05, 3.63) is 58.7 Å². The zero-order valence-electron chi connectivity index (χ0n) is 17.5. The summed E-state index contributed by atoms with van der Waals surface area (Å²) in [6, 6.07) is 7.72. The average molecular weight is 471 g/mol. The first-order valence-electron chi connectivity index (χ1n) is 10.3.